The van der Waals surface area contributed by atoms with E-state index in [9.17, 15) is 9.59 Å². The molecular formula is C10H20N2O4. The second-order valence-electron chi connectivity index (χ2n) is 3.91. The molecule has 3 N–H and O–H groups in total. The maximum Gasteiger partial charge on any atom is 0.315 e. The number of hydrogen-bond acceptors (Lipinski definition) is 3. The van der Waals surface area contributed by atoms with Crippen molar-refractivity contribution in [1.82, 2.24) is 10.6 Å². The van der Waals surface area contributed by atoms with Crippen molar-refractivity contribution in [2.24, 2.45) is 5.92 Å². The van der Waals surface area contributed by atoms with Crippen LogP contribution in [0.4, 0.5) is 4.79 Å². The second kappa shape index (κ2) is 7.92. The van der Waals surface area contributed by atoms with Crippen LogP contribution in [-0.4, -0.2) is 43.4 Å². The first-order chi connectivity index (χ1) is 7.45. The van der Waals surface area contributed by atoms with Crippen LogP contribution in [0.5, 0.6) is 0 Å². The number of hydrogen-bond donors (Lipinski definition) is 3. The normalized spacial score (nSPS) is 13.9. The van der Waals surface area contributed by atoms with E-state index in [1.54, 1.807) is 14.0 Å². The monoisotopic (exact) mass is 232 g/mol. The lowest BCUT2D eigenvalue weighted by molar-refractivity contribution is -0.137. The smallest absolute Gasteiger partial charge is 0.315 e. The van der Waals surface area contributed by atoms with Gasteiger partial charge < -0.3 is 20.5 Å². The van der Waals surface area contributed by atoms with Crippen LogP contribution in [0.25, 0.3) is 0 Å². The summed E-state index contributed by atoms with van der Waals surface area (Å²) < 4.78 is 4.92. The number of carbonyl (C=O) groups is 2. The first-order valence-electron chi connectivity index (χ1n) is 5.20. The number of urea groups is 1. The predicted octanol–water partition coefficient (Wildman–Crippen LogP) is 0.431. The molecule has 0 aromatic heterocycles. The number of carboxylic acid groups (broad SMARTS) is 1. The molecule has 0 radical (unpaired) electrons. The molecule has 0 aliphatic heterocycles. The average molecular weight is 232 g/mol. The lowest BCUT2D eigenvalue weighted by Gasteiger charge is -2.15. The molecule has 0 heterocycles. The van der Waals surface area contributed by atoms with Gasteiger partial charge in [0, 0.05) is 19.7 Å². The Morgan fingerprint density at radius 3 is 2.50 bits per heavy atom. The number of ether oxygens (including phenoxy) is 1. The Labute approximate surface area is 95.4 Å². The summed E-state index contributed by atoms with van der Waals surface area (Å²) in [5.41, 5.74) is 0. The fourth-order valence-corrected chi connectivity index (χ4v) is 1.20. The molecule has 2 amide bonds. The van der Waals surface area contributed by atoms with E-state index in [1.807, 2.05) is 6.92 Å². The topological polar surface area (TPSA) is 87.7 Å². The third-order valence-electron chi connectivity index (χ3n) is 1.92. The van der Waals surface area contributed by atoms with E-state index >= 15 is 0 Å². The summed E-state index contributed by atoms with van der Waals surface area (Å²) in [6.45, 7) is 4.67. The van der Waals surface area contributed by atoms with Gasteiger partial charge in [0.25, 0.3) is 0 Å². The van der Waals surface area contributed by atoms with Crippen molar-refractivity contribution >= 4 is 12.0 Å². The van der Waals surface area contributed by atoms with Crippen molar-refractivity contribution in [3.8, 4) is 0 Å². The van der Waals surface area contributed by atoms with Crippen LogP contribution in [0.1, 0.15) is 20.3 Å². The minimum Gasteiger partial charge on any atom is -0.481 e. The second-order valence-corrected chi connectivity index (χ2v) is 3.91. The maximum absolute atomic E-state index is 11.3. The zero-order valence-corrected chi connectivity index (χ0v) is 9.95. The summed E-state index contributed by atoms with van der Waals surface area (Å²) in [5.74, 6) is -0.703. The molecule has 0 saturated carbocycles. The van der Waals surface area contributed by atoms with Gasteiger partial charge >= 0.3 is 12.0 Å². The fraction of sp³-hybridized carbons (Fsp3) is 0.800. The van der Waals surface area contributed by atoms with Crippen molar-refractivity contribution in [1.29, 1.82) is 0 Å². The Kier molecular flexibility index (Phi) is 7.28. The largest absolute Gasteiger partial charge is 0.481 e. The van der Waals surface area contributed by atoms with E-state index in [0.29, 0.717) is 13.2 Å². The van der Waals surface area contributed by atoms with Crippen LogP contribution in [0.15, 0.2) is 0 Å². The zero-order valence-electron chi connectivity index (χ0n) is 9.95. The third kappa shape index (κ3) is 8.05. The first kappa shape index (κ1) is 14.7. The van der Waals surface area contributed by atoms with E-state index in [4.69, 9.17) is 9.84 Å². The third-order valence-corrected chi connectivity index (χ3v) is 1.92. The highest BCUT2D eigenvalue weighted by atomic mass is 16.5. The van der Waals surface area contributed by atoms with E-state index in [1.165, 1.54) is 0 Å². The molecule has 6 nitrogen and oxygen atoms in total. The van der Waals surface area contributed by atoms with Crippen molar-refractivity contribution < 1.29 is 19.4 Å². The summed E-state index contributed by atoms with van der Waals surface area (Å²) in [4.78, 5) is 21.6. The van der Waals surface area contributed by atoms with Crippen LogP contribution >= 0.6 is 0 Å². The number of carboxylic acids is 1. The number of amides is 2. The van der Waals surface area contributed by atoms with Gasteiger partial charge in [-0.2, -0.15) is 0 Å². The maximum atomic E-state index is 11.3. The van der Waals surface area contributed by atoms with Gasteiger partial charge in [-0.15, -0.1) is 0 Å². The highest BCUT2D eigenvalue weighted by Crippen LogP contribution is 1.93. The average Bonchev–Trinajstić information content (AvgIpc) is 2.13. The van der Waals surface area contributed by atoms with Gasteiger partial charge in [-0.3, -0.25) is 4.79 Å². The lowest BCUT2D eigenvalue weighted by atomic mass is 10.2. The molecule has 0 aromatic carbocycles. The molecule has 0 aromatic rings. The van der Waals surface area contributed by atoms with Crippen LogP contribution in [-0.2, 0) is 9.53 Å². The molecular weight excluding hydrogens is 212 g/mol. The van der Waals surface area contributed by atoms with Crippen molar-refractivity contribution in [2.75, 3.05) is 20.3 Å². The van der Waals surface area contributed by atoms with Gasteiger partial charge in [0.15, 0.2) is 0 Å². The highest BCUT2D eigenvalue weighted by molar-refractivity contribution is 5.75. The van der Waals surface area contributed by atoms with E-state index in [-0.39, 0.29) is 24.4 Å². The Bertz CT molecular complexity index is 233. The number of carbonyl (C=O) groups excluding carboxylic acids is 1. The SMILES string of the molecule is COCC(C)CNC(=O)NC(C)CC(=O)O. The van der Waals surface area contributed by atoms with Gasteiger partial charge in [-0.1, -0.05) is 6.92 Å². The number of rotatable bonds is 7. The van der Waals surface area contributed by atoms with Gasteiger partial charge in [-0.25, -0.2) is 4.79 Å². The molecule has 16 heavy (non-hydrogen) atoms. The van der Waals surface area contributed by atoms with Crippen LogP contribution in [0.2, 0.25) is 0 Å². The molecule has 94 valence electrons. The summed E-state index contributed by atoms with van der Waals surface area (Å²) in [5, 5.41) is 13.7. The Morgan fingerprint density at radius 2 is 2.00 bits per heavy atom. The van der Waals surface area contributed by atoms with E-state index in [2.05, 4.69) is 10.6 Å². The molecule has 6 heteroatoms. The summed E-state index contributed by atoms with van der Waals surface area (Å²) >= 11 is 0. The van der Waals surface area contributed by atoms with Gasteiger partial charge in [-0.05, 0) is 12.8 Å². The Morgan fingerprint density at radius 1 is 1.38 bits per heavy atom. The Hall–Kier alpha value is -1.30. The van der Waals surface area contributed by atoms with Crippen molar-refractivity contribution in [3.63, 3.8) is 0 Å². The summed E-state index contributed by atoms with van der Waals surface area (Å²) in [6, 6.07) is -0.730. The van der Waals surface area contributed by atoms with Crippen molar-refractivity contribution in [3.05, 3.63) is 0 Å². The summed E-state index contributed by atoms with van der Waals surface area (Å²) in [6.07, 6.45) is -0.0823. The molecule has 0 aliphatic rings. The minimum atomic E-state index is -0.930. The molecule has 0 rings (SSSR count). The van der Waals surface area contributed by atoms with Gasteiger partial charge in [0.2, 0.25) is 0 Å². The summed E-state index contributed by atoms with van der Waals surface area (Å²) in [7, 11) is 1.60. The molecule has 2 unspecified atom stereocenters. The molecule has 0 aliphatic carbocycles. The van der Waals surface area contributed by atoms with E-state index < -0.39 is 5.97 Å². The highest BCUT2D eigenvalue weighted by Gasteiger charge is 2.11. The fourth-order valence-electron chi connectivity index (χ4n) is 1.20. The van der Waals surface area contributed by atoms with Gasteiger partial charge in [0.1, 0.15) is 0 Å². The number of aliphatic carboxylic acids is 1. The van der Waals surface area contributed by atoms with Crippen LogP contribution < -0.4 is 10.6 Å². The van der Waals surface area contributed by atoms with Gasteiger partial charge in [0.05, 0.1) is 13.0 Å². The molecule has 0 fully saturated rings. The predicted molar refractivity (Wildman–Crippen MR) is 59.3 cm³/mol. The quantitative estimate of drug-likeness (QED) is 0.594. The molecule has 0 saturated heterocycles. The number of nitrogens with one attached hydrogen (secondary N) is 2. The number of methoxy groups -OCH3 is 1. The van der Waals surface area contributed by atoms with Crippen LogP contribution in [0, 0.1) is 5.92 Å². The van der Waals surface area contributed by atoms with Crippen LogP contribution in [0.3, 0.4) is 0 Å². The van der Waals surface area contributed by atoms with E-state index in [0.717, 1.165) is 0 Å². The minimum absolute atomic E-state index is 0.0823. The Balaban J connectivity index is 3.69. The molecule has 0 spiro atoms. The molecule has 2 atom stereocenters. The zero-order chi connectivity index (χ0) is 12.6. The first-order valence-corrected chi connectivity index (χ1v) is 5.20. The van der Waals surface area contributed by atoms with Crippen molar-refractivity contribution in [2.45, 2.75) is 26.3 Å². The molecule has 0 bridgehead atoms. The standard InChI is InChI=1S/C10H20N2O4/c1-7(6-16-3)5-11-10(15)12-8(2)4-9(13)14/h7-8H,4-6H2,1-3H3,(H,13,14)(H2,11,12,15). The lowest BCUT2D eigenvalue weighted by Crippen LogP contribution is -2.43.